The van der Waals surface area contributed by atoms with Crippen LogP contribution in [0, 0.1) is 0 Å². The lowest BCUT2D eigenvalue weighted by Gasteiger charge is -2.26. The third kappa shape index (κ3) is 5.24. The van der Waals surface area contributed by atoms with Gasteiger partial charge < -0.3 is 14.4 Å². The van der Waals surface area contributed by atoms with Crippen molar-refractivity contribution in [2.45, 2.75) is 60.9 Å². The van der Waals surface area contributed by atoms with Crippen LogP contribution in [0.15, 0.2) is 35.4 Å². The number of rotatable bonds is 8. The first kappa shape index (κ1) is 22.8. The van der Waals surface area contributed by atoms with Crippen molar-refractivity contribution in [3.8, 4) is 0 Å². The summed E-state index contributed by atoms with van der Waals surface area (Å²) < 4.78 is 36.7. The van der Waals surface area contributed by atoms with E-state index in [4.69, 9.17) is 9.47 Å². The van der Waals surface area contributed by atoms with E-state index in [9.17, 15) is 13.2 Å². The van der Waals surface area contributed by atoms with E-state index in [2.05, 4.69) is 15.2 Å². The number of hydrogen-bond donors (Lipinski definition) is 1. The van der Waals surface area contributed by atoms with Crippen LogP contribution in [0.4, 0.5) is 10.1 Å². The maximum atomic E-state index is 13.3. The Bertz CT molecular complexity index is 1070. The number of thiazole rings is 1. The molecule has 2 heterocycles. The van der Waals surface area contributed by atoms with E-state index < -0.39 is 15.9 Å². The second-order valence-corrected chi connectivity index (χ2v) is 12.1. The van der Waals surface area contributed by atoms with Gasteiger partial charge in [0.2, 0.25) is 0 Å². The standard InChI is InChI=1S/C23H29N3O5S2/c27-22(25-23-24-15-20(32-23)26-11-13-30-14-12-26)21(31-17-3-1-2-4-17)16-5-7-18(8-6-16)33(28,29)19-9-10-19/h5-8,15,17,19,21H,1-4,9-14H2,(H,24,25,27). The summed E-state index contributed by atoms with van der Waals surface area (Å²) in [6.07, 6.45) is 6.46. The van der Waals surface area contributed by atoms with Crippen LogP contribution in [0.5, 0.6) is 0 Å². The molecule has 0 bridgehead atoms. The van der Waals surface area contributed by atoms with E-state index in [1.165, 1.54) is 11.3 Å². The number of carbonyl (C=O) groups is 1. The van der Waals surface area contributed by atoms with Gasteiger partial charge in [0.1, 0.15) is 5.00 Å². The molecule has 1 aromatic carbocycles. The van der Waals surface area contributed by atoms with Crippen molar-refractivity contribution in [2.75, 3.05) is 36.5 Å². The summed E-state index contributed by atoms with van der Waals surface area (Å²) in [6, 6.07) is 6.60. The normalized spacial score (nSPS) is 20.7. The Balaban J connectivity index is 1.32. The van der Waals surface area contributed by atoms with Gasteiger partial charge in [-0.15, -0.1) is 0 Å². The third-order valence-corrected chi connectivity index (χ3v) is 9.64. The molecule has 3 aliphatic rings. The SMILES string of the molecule is O=C(Nc1ncc(N2CCOCC2)s1)C(OC1CCCC1)c1ccc(S(=O)(=O)C2CC2)cc1. The van der Waals surface area contributed by atoms with Crippen molar-refractivity contribution in [1.29, 1.82) is 0 Å². The molecule has 5 rings (SSSR count). The highest BCUT2D eigenvalue weighted by atomic mass is 32.2. The first-order valence-corrected chi connectivity index (χ1v) is 14.0. The quantitative estimate of drug-likeness (QED) is 0.603. The van der Waals surface area contributed by atoms with Crippen LogP contribution >= 0.6 is 11.3 Å². The van der Waals surface area contributed by atoms with E-state index in [-0.39, 0.29) is 17.3 Å². The Morgan fingerprint density at radius 2 is 1.82 bits per heavy atom. The van der Waals surface area contributed by atoms with Crippen LogP contribution in [0.1, 0.15) is 50.2 Å². The molecule has 1 saturated heterocycles. The van der Waals surface area contributed by atoms with E-state index in [1.54, 1.807) is 30.5 Å². The molecule has 1 N–H and O–H groups in total. The molecule has 178 valence electrons. The molecule has 3 fully saturated rings. The lowest BCUT2D eigenvalue weighted by atomic mass is 10.1. The van der Waals surface area contributed by atoms with Crippen molar-refractivity contribution in [1.82, 2.24) is 4.98 Å². The highest BCUT2D eigenvalue weighted by Crippen LogP contribution is 2.35. The summed E-state index contributed by atoms with van der Waals surface area (Å²) in [4.78, 5) is 20.2. The van der Waals surface area contributed by atoms with Gasteiger partial charge >= 0.3 is 0 Å². The van der Waals surface area contributed by atoms with E-state index in [0.717, 1.165) is 56.6 Å². The summed E-state index contributed by atoms with van der Waals surface area (Å²) in [5.74, 6) is -0.289. The molecule has 2 aliphatic carbocycles. The summed E-state index contributed by atoms with van der Waals surface area (Å²) in [7, 11) is -3.27. The molecule has 1 atom stereocenters. The van der Waals surface area contributed by atoms with Gasteiger partial charge in [0, 0.05) is 13.1 Å². The highest BCUT2D eigenvalue weighted by molar-refractivity contribution is 7.92. The first-order valence-electron chi connectivity index (χ1n) is 11.6. The zero-order valence-corrected chi connectivity index (χ0v) is 20.1. The number of anilines is 2. The Morgan fingerprint density at radius 1 is 1.12 bits per heavy atom. The summed E-state index contributed by atoms with van der Waals surface area (Å²) in [6.45, 7) is 2.98. The van der Waals surface area contributed by atoms with E-state index in [1.807, 2.05) is 0 Å². The second-order valence-electron chi connectivity index (χ2n) is 8.83. The van der Waals surface area contributed by atoms with Crippen LogP contribution < -0.4 is 10.2 Å². The fourth-order valence-electron chi connectivity index (χ4n) is 4.34. The number of benzene rings is 1. The second kappa shape index (κ2) is 9.69. The van der Waals surface area contributed by atoms with E-state index >= 15 is 0 Å². The predicted molar refractivity (Wildman–Crippen MR) is 127 cm³/mol. The third-order valence-electron chi connectivity index (χ3n) is 6.39. The maximum absolute atomic E-state index is 13.3. The van der Waals surface area contributed by atoms with Crippen molar-refractivity contribution in [2.24, 2.45) is 0 Å². The zero-order valence-electron chi connectivity index (χ0n) is 18.4. The van der Waals surface area contributed by atoms with Crippen LogP contribution in [0.3, 0.4) is 0 Å². The number of aromatic nitrogens is 1. The largest absolute Gasteiger partial charge is 0.378 e. The molecule has 8 nitrogen and oxygen atoms in total. The van der Waals surface area contributed by atoms with Gasteiger partial charge in [0.15, 0.2) is 21.1 Å². The molecule has 33 heavy (non-hydrogen) atoms. The van der Waals surface area contributed by atoms with Crippen molar-refractivity contribution < 1.29 is 22.7 Å². The van der Waals surface area contributed by atoms with Crippen molar-refractivity contribution >= 4 is 37.2 Å². The number of ether oxygens (including phenoxy) is 2. The molecule has 1 unspecified atom stereocenters. The van der Waals surface area contributed by atoms with Crippen LogP contribution in [0.2, 0.25) is 0 Å². The topological polar surface area (TPSA) is 97.8 Å². The van der Waals surface area contributed by atoms with Gasteiger partial charge in [-0.05, 0) is 43.4 Å². The number of sulfone groups is 1. The molecule has 2 saturated carbocycles. The number of hydrogen-bond acceptors (Lipinski definition) is 8. The van der Waals surface area contributed by atoms with Gasteiger partial charge in [-0.25, -0.2) is 13.4 Å². The number of morpholine rings is 1. The molecular formula is C23H29N3O5S2. The highest BCUT2D eigenvalue weighted by Gasteiger charge is 2.37. The molecule has 0 radical (unpaired) electrons. The number of nitrogens with one attached hydrogen (secondary N) is 1. The zero-order chi connectivity index (χ0) is 22.8. The van der Waals surface area contributed by atoms with Crippen molar-refractivity contribution in [3.63, 3.8) is 0 Å². The minimum absolute atomic E-state index is 0.0239. The van der Waals surface area contributed by atoms with Crippen LogP contribution in [0.25, 0.3) is 0 Å². The maximum Gasteiger partial charge on any atom is 0.259 e. The number of nitrogens with zero attached hydrogens (tertiary/aromatic N) is 2. The Hall–Kier alpha value is -2.01. The molecular weight excluding hydrogens is 462 g/mol. The fraction of sp³-hybridized carbons (Fsp3) is 0.565. The van der Waals surface area contributed by atoms with Crippen molar-refractivity contribution in [3.05, 3.63) is 36.0 Å². The van der Waals surface area contributed by atoms with E-state index in [0.29, 0.717) is 28.8 Å². The average Bonchev–Trinajstić information content (AvgIpc) is 3.39. The minimum atomic E-state index is -3.27. The molecule has 2 aromatic rings. The fourth-order valence-corrected chi connectivity index (χ4v) is 6.87. The Kier molecular flexibility index (Phi) is 6.69. The number of amides is 1. The first-order chi connectivity index (χ1) is 16.0. The summed E-state index contributed by atoms with van der Waals surface area (Å²) >= 11 is 1.43. The summed E-state index contributed by atoms with van der Waals surface area (Å²) in [5.41, 5.74) is 0.652. The monoisotopic (exact) mass is 491 g/mol. The molecule has 1 aromatic heterocycles. The molecule has 0 spiro atoms. The van der Waals surface area contributed by atoms with Crippen LogP contribution in [-0.2, 0) is 24.1 Å². The Morgan fingerprint density at radius 3 is 2.48 bits per heavy atom. The lowest BCUT2D eigenvalue weighted by Crippen LogP contribution is -2.35. The van der Waals surface area contributed by atoms with Crippen LogP contribution in [-0.4, -0.2) is 57.0 Å². The van der Waals surface area contributed by atoms with Gasteiger partial charge in [0.05, 0.1) is 35.7 Å². The summed E-state index contributed by atoms with van der Waals surface area (Å²) in [5, 5.41) is 4.17. The molecule has 1 amide bonds. The smallest absolute Gasteiger partial charge is 0.259 e. The minimum Gasteiger partial charge on any atom is -0.378 e. The van der Waals surface area contributed by atoms with Gasteiger partial charge in [0.25, 0.3) is 5.91 Å². The van der Waals surface area contributed by atoms with Gasteiger partial charge in [-0.1, -0.05) is 36.3 Å². The lowest BCUT2D eigenvalue weighted by molar-refractivity contribution is -0.131. The molecule has 1 aliphatic heterocycles. The van der Waals surface area contributed by atoms with Gasteiger partial charge in [-0.3, -0.25) is 10.1 Å². The molecule has 10 heteroatoms. The number of carbonyl (C=O) groups excluding carboxylic acids is 1. The average molecular weight is 492 g/mol. The predicted octanol–water partition coefficient (Wildman–Crippen LogP) is 3.55. The van der Waals surface area contributed by atoms with Gasteiger partial charge in [-0.2, -0.15) is 0 Å². The Labute approximate surface area is 198 Å².